The molecule has 0 aliphatic carbocycles. The molecule has 6 nitrogen and oxygen atoms in total. The van der Waals surface area contributed by atoms with Crippen molar-refractivity contribution >= 4 is 36.3 Å². The first-order valence-corrected chi connectivity index (χ1v) is 6.23. The summed E-state index contributed by atoms with van der Waals surface area (Å²) in [7, 11) is 0.0952. The number of hydrogen-bond donors (Lipinski definition) is 0. The standard InChI is InChI=1S/C13H11BN2O4/c17-8-14-16-6-5-15(13(16)19)10-3-1-9-2-4-12(18)20-11(9)7-10/h1-4,7-8,14H,5-6H2. The topological polar surface area (TPSA) is 70.8 Å². The molecule has 0 bridgehead atoms. The largest absolute Gasteiger partial charge is 0.423 e. The molecule has 1 aromatic heterocycles. The van der Waals surface area contributed by atoms with Crippen molar-refractivity contribution in [1.29, 1.82) is 0 Å². The maximum Gasteiger partial charge on any atom is 0.336 e. The van der Waals surface area contributed by atoms with Crippen molar-refractivity contribution in [3.8, 4) is 0 Å². The molecule has 0 N–H and O–H groups in total. The van der Waals surface area contributed by atoms with E-state index < -0.39 is 5.63 Å². The van der Waals surface area contributed by atoms with Gasteiger partial charge in [-0.2, -0.15) is 0 Å². The molecular formula is C13H11BN2O4. The summed E-state index contributed by atoms with van der Waals surface area (Å²) < 4.78 is 5.11. The number of fused-ring (bicyclic) bond motifs is 1. The molecule has 7 heteroatoms. The zero-order valence-corrected chi connectivity index (χ0v) is 10.6. The predicted molar refractivity (Wildman–Crippen MR) is 75.8 cm³/mol. The van der Waals surface area contributed by atoms with Crippen molar-refractivity contribution in [3.63, 3.8) is 0 Å². The van der Waals surface area contributed by atoms with Crippen molar-refractivity contribution < 1.29 is 14.0 Å². The van der Waals surface area contributed by atoms with Crippen molar-refractivity contribution in [3.05, 3.63) is 40.8 Å². The Kier molecular flexibility index (Phi) is 3.02. The second kappa shape index (κ2) is 4.84. The molecule has 1 saturated heterocycles. The lowest BCUT2D eigenvalue weighted by atomic mass is 9.96. The number of carbonyl (C=O) groups excluding carboxylic acids is 2. The van der Waals surface area contributed by atoms with E-state index in [0.717, 1.165) is 5.39 Å². The van der Waals surface area contributed by atoms with Gasteiger partial charge in [0, 0.05) is 36.3 Å². The fourth-order valence-electron chi connectivity index (χ4n) is 2.30. The molecule has 100 valence electrons. The summed E-state index contributed by atoms with van der Waals surface area (Å²) in [6, 6.07) is 8.08. The second-order valence-electron chi connectivity index (χ2n) is 4.52. The highest BCUT2D eigenvalue weighted by atomic mass is 16.4. The van der Waals surface area contributed by atoms with Gasteiger partial charge in [0.05, 0.1) is 0 Å². The highest BCUT2D eigenvalue weighted by Crippen LogP contribution is 2.24. The van der Waals surface area contributed by atoms with E-state index in [4.69, 9.17) is 4.42 Å². The van der Waals surface area contributed by atoms with Crippen LogP contribution in [0.3, 0.4) is 0 Å². The van der Waals surface area contributed by atoms with E-state index >= 15 is 0 Å². The summed E-state index contributed by atoms with van der Waals surface area (Å²) in [4.78, 5) is 36.9. The van der Waals surface area contributed by atoms with Crippen LogP contribution < -0.4 is 10.5 Å². The number of nitrogens with zero attached hydrogens (tertiary/aromatic N) is 2. The van der Waals surface area contributed by atoms with Crippen LogP contribution in [0.15, 0.2) is 39.5 Å². The lowest BCUT2D eigenvalue weighted by Gasteiger charge is -2.17. The molecule has 1 aromatic carbocycles. The van der Waals surface area contributed by atoms with Gasteiger partial charge >= 0.3 is 19.1 Å². The van der Waals surface area contributed by atoms with Crippen LogP contribution in [0.1, 0.15) is 0 Å². The van der Waals surface area contributed by atoms with Crippen LogP contribution in [0.25, 0.3) is 11.0 Å². The van der Waals surface area contributed by atoms with E-state index in [2.05, 4.69) is 0 Å². The Labute approximate surface area is 114 Å². The lowest BCUT2D eigenvalue weighted by Crippen LogP contribution is -2.34. The molecule has 2 amide bonds. The smallest absolute Gasteiger partial charge is 0.336 e. The molecule has 1 aliphatic heterocycles. The van der Waals surface area contributed by atoms with Gasteiger partial charge in [-0.1, -0.05) is 0 Å². The predicted octanol–water partition coefficient (Wildman–Crippen LogP) is 0.577. The minimum Gasteiger partial charge on any atom is -0.423 e. The fraction of sp³-hybridized carbons (Fsp3) is 0.154. The van der Waals surface area contributed by atoms with Gasteiger partial charge in [0.1, 0.15) is 11.8 Å². The molecule has 0 saturated carbocycles. The number of benzene rings is 1. The number of urea groups is 1. The number of rotatable bonds is 3. The maximum absolute atomic E-state index is 12.1. The quantitative estimate of drug-likeness (QED) is 0.464. The molecule has 0 unspecified atom stereocenters. The number of carbonyl (C=O) groups is 2. The van der Waals surface area contributed by atoms with Crippen LogP contribution in [0, 0.1) is 0 Å². The van der Waals surface area contributed by atoms with Crippen molar-refractivity contribution in [1.82, 2.24) is 4.81 Å². The monoisotopic (exact) mass is 270 g/mol. The molecule has 0 spiro atoms. The van der Waals surface area contributed by atoms with Gasteiger partial charge in [-0.05, 0) is 18.2 Å². The summed E-state index contributed by atoms with van der Waals surface area (Å²) in [6.45, 7) is 1.02. The molecule has 0 radical (unpaired) electrons. The first-order valence-electron chi connectivity index (χ1n) is 6.23. The minimum absolute atomic E-state index is 0.0952. The molecular weight excluding hydrogens is 259 g/mol. The average Bonchev–Trinajstić information content (AvgIpc) is 2.80. The van der Waals surface area contributed by atoms with E-state index in [1.165, 1.54) is 10.9 Å². The van der Waals surface area contributed by atoms with Crippen LogP contribution in [0.5, 0.6) is 0 Å². The summed E-state index contributed by atoms with van der Waals surface area (Å²) >= 11 is 0. The van der Waals surface area contributed by atoms with E-state index in [1.54, 1.807) is 29.2 Å². The van der Waals surface area contributed by atoms with Gasteiger partial charge in [0.15, 0.2) is 0 Å². The molecule has 3 rings (SSSR count). The normalized spacial score (nSPS) is 14.9. The highest BCUT2D eigenvalue weighted by molar-refractivity contribution is 6.66. The molecule has 20 heavy (non-hydrogen) atoms. The van der Waals surface area contributed by atoms with E-state index in [1.807, 2.05) is 0 Å². The fourth-order valence-corrected chi connectivity index (χ4v) is 2.30. The van der Waals surface area contributed by atoms with Crippen LogP contribution in [0.4, 0.5) is 10.5 Å². The first-order chi connectivity index (χ1) is 9.69. The Morgan fingerprint density at radius 2 is 1.95 bits per heavy atom. The second-order valence-corrected chi connectivity index (χ2v) is 4.52. The van der Waals surface area contributed by atoms with Crippen LogP contribution in [0.2, 0.25) is 0 Å². The SMILES string of the molecule is O=CBN1CCN(c2ccc3ccc(=O)oc3c2)C1=O. The minimum atomic E-state index is -0.426. The zero-order chi connectivity index (χ0) is 14.1. The van der Waals surface area contributed by atoms with Gasteiger partial charge < -0.3 is 14.0 Å². The Morgan fingerprint density at radius 1 is 1.15 bits per heavy atom. The molecule has 2 aromatic rings. The van der Waals surface area contributed by atoms with Crippen LogP contribution in [-0.4, -0.2) is 37.5 Å². The highest BCUT2D eigenvalue weighted by Gasteiger charge is 2.29. The molecule has 2 heterocycles. The van der Waals surface area contributed by atoms with Crippen molar-refractivity contribution in [2.45, 2.75) is 0 Å². The van der Waals surface area contributed by atoms with Gasteiger partial charge in [-0.25, -0.2) is 9.59 Å². The van der Waals surface area contributed by atoms with Gasteiger partial charge in [-0.15, -0.1) is 0 Å². The summed E-state index contributed by atoms with van der Waals surface area (Å²) in [5.41, 5.74) is 0.673. The van der Waals surface area contributed by atoms with Crippen molar-refractivity contribution in [2.24, 2.45) is 0 Å². The van der Waals surface area contributed by atoms with Gasteiger partial charge in [-0.3, -0.25) is 4.90 Å². The summed E-state index contributed by atoms with van der Waals surface area (Å²) in [5, 5.41) is 0.796. The third-order valence-electron chi connectivity index (χ3n) is 3.31. The van der Waals surface area contributed by atoms with Crippen molar-refractivity contribution in [2.75, 3.05) is 18.0 Å². The number of anilines is 1. The van der Waals surface area contributed by atoms with Crippen LogP contribution in [-0.2, 0) is 4.79 Å². The Bertz CT molecular complexity index is 742. The summed E-state index contributed by atoms with van der Waals surface area (Å²) in [6.07, 6.45) is 0.709. The number of amides is 2. The van der Waals surface area contributed by atoms with E-state index in [-0.39, 0.29) is 13.4 Å². The summed E-state index contributed by atoms with van der Waals surface area (Å²) in [5.74, 6) is 0. The van der Waals surface area contributed by atoms with E-state index in [9.17, 15) is 14.4 Å². The third kappa shape index (κ3) is 2.07. The van der Waals surface area contributed by atoms with Gasteiger partial charge in [0.25, 0.3) is 0 Å². The lowest BCUT2D eigenvalue weighted by molar-refractivity contribution is 0.240. The van der Waals surface area contributed by atoms with Crippen LogP contribution >= 0.6 is 0 Å². The Balaban J connectivity index is 1.96. The Morgan fingerprint density at radius 3 is 2.75 bits per heavy atom. The van der Waals surface area contributed by atoms with E-state index in [0.29, 0.717) is 30.5 Å². The molecule has 1 fully saturated rings. The molecule has 0 atom stereocenters. The zero-order valence-electron chi connectivity index (χ0n) is 10.6. The number of hydrogen-bond acceptors (Lipinski definition) is 4. The van der Waals surface area contributed by atoms with Gasteiger partial charge in [0.2, 0.25) is 0 Å². The average molecular weight is 270 g/mol. The third-order valence-corrected chi connectivity index (χ3v) is 3.31. The molecule has 1 aliphatic rings. The Hall–Kier alpha value is -2.57. The maximum atomic E-state index is 12.1. The first kappa shape index (κ1) is 12.5.